The van der Waals surface area contributed by atoms with Gasteiger partial charge in [-0.15, -0.1) is 0 Å². The molecule has 1 aliphatic rings. The summed E-state index contributed by atoms with van der Waals surface area (Å²) in [5.74, 6) is -0.930. The van der Waals surface area contributed by atoms with Crippen molar-refractivity contribution >= 4 is 33.4 Å². The van der Waals surface area contributed by atoms with E-state index in [1.165, 1.54) is 25.1 Å². The molecule has 0 aliphatic carbocycles. The molecule has 0 spiro atoms. The molecule has 2 N–H and O–H groups in total. The van der Waals surface area contributed by atoms with Crippen LogP contribution < -0.4 is 19.7 Å². The Hall–Kier alpha value is -3.55. The van der Waals surface area contributed by atoms with Gasteiger partial charge in [0.1, 0.15) is 17.7 Å². The number of carbonyl (C=O) groups is 2. The zero-order valence-electron chi connectivity index (χ0n) is 20.9. The Labute approximate surface area is 217 Å². The normalized spacial score (nSPS) is 17.7. The van der Waals surface area contributed by atoms with E-state index in [1.54, 1.807) is 6.92 Å². The molecular formula is C24H27F4N3O6S. The van der Waals surface area contributed by atoms with Crippen LogP contribution in [0.2, 0.25) is 0 Å². The Morgan fingerprint density at radius 1 is 1.11 bits per heavy atom. The van der Waals surface area contributed by atoms with Crippen LogP contribution in [0, 0.1) is 5.82 Å². The fourth-order valence-corrected chi connectivity index (χ4v) is 5.50. The minimum absolute atomic E-state index is 0.0202. The summed E-state index contributed by atoms with van der Waals surface area (Å²) in [6, 6.07) is 7.15. The van der Waals surface area contributed by atoms with E-state index in [1.807, 2.05) is 0 Å². The van der Waals surface area contributed by atoms with E-state index in [2.05, 4.69) is 15.4 Å². The quantitative estimate of drug-likeness (QED) is 0.479. The highest BCUT2D eigenvalue weighted by Crippen LogP contribution is 2.42. The van der Waals surface area contributed by atoms with E-state index in [0.717, 1.165) is 28.6 Å². The third-order valence-corrected chi connectivity index (χ3v) is 7.68. The van der Waals surface area contributed by atoms with Crippen molar-refractivity contribution in [1.29, 1.82) is 0 Å². The van der Waals surface area contributed by atoms with Crippen molar-refractivity contribution in [3.05, 3.63) is 48.3 Å². The minimum atomic E-state index is -4.83. The van der Waals surface area contributed by atoms with Crippen molar-refractivity contribution in [3.8, 4) is 5.75 Å². The van der Waals surface area contributed by atoms with E-state index >= 15 is 0 Å². The largest absolute Gasteiger partial charge is 0.484 e. The van der Waals surface area contributed by atoms with Crippen molar-refractivity contribution in [2.45, 2.75) is 62.9 Å². The van der Waals surface area contributed by atoms with Gasteiger partial charge in [0.25, 0.3) is 10.0 Å². The number of benzene rings is 2. The topological polar surface area (TPSA) is 114 Å². The zero-order valence-corrected chi connectivity index (χ0v) is 21.7. The van der Waals surface area contributed by atoms with E-state index in [0.29, 0.717) is 13.8 Å². The number of nitrogens with zero attached hydrogens (tertiary/aromatic N) is 1. The number of halogens is 4. The number of hydrogen-bond acceptors (Lipinski definition) is 6. The van der Waals surface area contributed by atoms with Gasteiger partial charge in [0.15, 0.2) is 0 Å². The van der Waals surface area contributed by atoms with Gasteiger partial charge in [0.2, 0.25) is 11.5 Å². The van der Waals surface area contributed by atoms with Crippen molar-refractivity contribution in [3.63, 3.8) is 0 Å². The summed E-state index contributed by atoms with van der Waals surface area (Å²) < 4.78 is 91.9. The summed E-state index contributed by atoms with van der Waals surface area (Å²) in [5, 5.41) is 4.78. The van der Waals surface area contributed by atoms with Gasteiger partial charge < -0.3 is 14.8 Å². The van der Waals surface area contributed by atoms with Gasteiger partial charge >= 0.3 is 12.3 Å². The Bertz CT molecular complexity index is 1300. The van der Waals surface area contributed by atoms with Crippen molar-refractivity contribution < 1.29 is 45.0 Å². The first-order chi connectivity index (χ1) is 17.6. The van der Waals surface area contributed by atoms with Gasteiger partial charge in [-0.3, -0.25) is 14.4 Å². The Kier molecular flexibility index (Phi) is 8.15. The zero-order chi connectivity index (χ0) is 28.5. The van der Waals surface area contributed by atoms with Crippen LogP contribution in [0.5, 0.6) is 5.75 Å². The maximum Gasteiger partial charge on any atom is 0.427 e. The summed E-state index contributed by atoms with van der Waals surface area (Å²) in [5.41, 5.74) is -2.87. The molecular weight excluding hydrogens is 534 g/mol. The van der Waals surface area contributed by atoms with Crippen molar-refractivity contribution in [2.24, 2.45) is 0 Å². The summed E-state index contributed by atoms with van der Waals surface area (Å²) >= 11 is 0. The highest BCUT2D eigenvalue weighted by Gasteiger charge is 2.51. The SMILES string of the molecule is CCC1[C@@H](CNC(C)=O)Oc2ccc(NC(=O)OC(C)(C)C(F)(F)F)cc2N1S(=O)(=O)c1ccc(F)cc1. The van der Waals surface area contributed by atoms with Crippen LogP contribution in [0.15, 0.2) is 47.4 Å². The Morgan fingerprint density at radius 3 is 2.29 bits per heavy atom. The van der Waals surface area contributed by atoms with Gasteiger partial charge in [-0.25, -0.2) is 17.6 Å². The first-order valence-corrected chi connectivity index (χ1v) is 12.9. The molecule has 2 aromatic carbocycles. The monoisotopic (exact) mass is 561 g/mol. The lowest BCUT2D eigenvalue weighted by Crippen LogP contribution is -2.55. The molecule has 0 saturated carbocycles. The maximum atomic E-state index is 13.8. The van der Waals surface area contributed by atoms with E-state index in [-0.39, 0.29) is 40.9 Å². The van der Waals surface area contributed by atoms with Gasteiger partial charge in [0, 0.05) is 12.6 Å². The fraction of sp³-hybridized carbons (Fsp3) is 0.417. The molecule has 0 radical (unpaired) electrons. The third kappa shape index (κ3) is 6.11. The molecule has 0 aromatic heterocycles. The molecule has 0 bridgehead atoms. The van der Waals surface area contributed by atoms with Crippen LogP contribution in [0.1, 0.15) is 34.1 Å². The smallest absolute Gasteiger partial charge is 0.427 e. The molecule has 0 fully saturated rings. The molecule has 1 aliphatic heterocycles. The lowest BCUT2D eigenvalue weighted by molar-refractivity contribution is -0.242. The highest BCUT2D eigenvalue weighted by atomic mass is 32.2. The van der Waals surface area contributed by atoms with Crippen LogP contribution in [-0.4, -0.2) is 50.9 Å². The number of ether oxygens (including phenoxy) is 2. The van der Waals surface area contributed by atoms with Gasteiger partial charge in [0.05, 0.1) is 23.2 Å². The molecule has 38 heavy (non-hydrogen) atoms. The molecule has 3 rings (SSSR count). The Balaban J connectivity index is 2.04. The van der Waals surface area contributed by atoms with Crippen molar-refractivity contribution in [2.75, 3.05) is 16.2 Å². The Morgan fingerprint density at radius 2 is 1.74 bits per heavy atom. The number of sulfonamides is 1. The summed E-state index contributed by atoms with van der Waals surface area (Å²) in [6.07, 6.45) is -6.83. The van der Waals surface area contributed by atoms with Gasteiger partial charge in [-0.1, -0.05) is 6.92 Å². The lowest BCUT2D eigenvalue weighted by Gasteiger charge is -2.42. The molecule has 2 aromatic rings. The second-order valence-electron chi connectivity index (χ2n) is 9.03. The number of hydrogen-bond donors (Lipinski definition) is 2. The maximum absolute atomic E-state index is 13.8. The predicted octanol–water partition coefficient (Wildman–Crippen LogP) is 4.59. The van der Waals surface area contributed by atoms with Crippen LogP contribution >= 0.6 is 0 Å². The van der Waals surface area contributed by atoms with E-state index in [4.69, 9.17) is 4.74 Å². The van der Waals surface area contributed by atoms with Crippen LogP contribution in [0.4, 0.5) is 33.7 Å². The molecule has 2 atom stereocenters. The third-order valence-electron chi connectivity index (χ3n) is 5.82. The van der Waals surface area contributed by atoms with Gasteiger partial charge in [-0.2, -0.15) is 13.2 Å². The number of anilines is 2. The van der Waals surface area contributed by atoms with Crippen LogP contribution in [0.25, 0.3) is 0 Å². The summed E-state index contributed by atoms with van der Waals surface area (Å²) in [7, 11) is -4.34. The van der Waals surface area contributed by atoms with Crippen molar-refractivity contribution in [1.82, 2.24) is 5.32 Å². The molecule has 0 saturated heterocycles. The first-order valence-electron chi connectivity index (χ1n) is 11.5. The lowest BCUT2D eigenvalue weighted by atomic mass is 10.0. The van der Waals surface area contributed by atoms with E-state index < -0.39 is 45.9 Å². The number of carbonyl (C=O) groups excluding carboxylic acids is 2. The van der Waals surface area contributed by atoms with Gasteiger partial charge in [-0.05, 0) is 62.7 Å². The number of fused-ring (bicyclic) bond motifs is 1. The average molecular weight is 562 g/mol. The summed E-state index contributed by atoms with van der Waals surface area (Å²) in [4.78, 5) is 23.5. The fourth-order valence-electron chi connectivity index (χ4n) is 3.75. The number of amides is 2. The second-order valence-corrected chi connectivity index (χ2v) is 10.8. The number of alkyl halides is 3. The number of nitrogens with one attached hydrogen (secondary N) is 2. The molecule has 14 heteroatoms. The predicted molar refractivity (Wildman–Crippen MR) is 130 cm³/mol. The molecule has 1 unspecified atom stereocenters. The standard InChI is InChI=1S/C24H27F4N3O6S/c1-5-18-21(13-29-14(2)32)36-20-11-8-16(30-22(33)37-23(3,4)24(26,27)28)12-19(20)31(18)38(34,35)17-9-6-15(25)7-10-17/h6-12,18,21H,5,13H2,1-4H3,(H,29,32)(H,30,33)/t18?,21-/m1/s1. The molecule has 1 heterocycles. The van der Waals surface area contributed by atoms with Crippen LogP contribution in [0.3, 0.4) is 0 Å². The number of rotatable bonds is 7. The molecule has 2 amide bonds. The molecule has 208 valence electrons. The first kappa shape index (κ1) is 29.0. The average Bonchev–Trinajstić information content (AvgIpc) is 2.80. The second kappa shape index (κ2) is 10.7. The molecule has 9 nitrogen and oxygen atoms in total. The minimum Gasteiger partial charge on any atom is -0.484 e. The van der Waals surface area contributed by atoms with Crippen LogP contribution in [-0.2, 0) is 19.6 Å². The van der Waals surface area contributed by atoms with E-state index in [9.17, 15) is 35.6 Å². The highest BCUT2D eigenvalue weighted by molar-refractivity contribution is 7.92. The summed E-state index contributed by atoms with van der Waals surface area (Å²) in [6.45, 7) is 4.34.